The van der Waals surface area contributed by atoms with Gasteiger partial charge in [0.1, 0.15) is 11.5 Å². The van der Waals surface area contributed by atoms with Gasteiger partial charge in [-0.25, -0.2) is 0 Å². The van der Waals surface area contributed by atoms with Crippen molar-refractivity contribution in [2.75, 3.05) is 20.3 Å². The van der Waals surface area contributed by atoms with E-state index in [2.05, 4.69) is 6.92 Å². The Morgan fingerprint density at radius 2 is 1.55 bits per heavy atom. The Morgan fingerprint density at radius 1 is 0.864 bits per heavy atom. The van der Waals surface area contributed by atoms with Crippen LogP contribution in [0.5, 0.6) is 11.5 Å². The van der Waals surface area contributed by atoms with Crippen molar-refractivity contribution in [1.29, 1.82) is 0 Å². The van der Waals surface area contributed by atoms with Crippen LogP contribution in [0.4, 0.5) is 0 Å². The van der Waals surface area contributed by atoms with E-state index in [1.54, 1.807) is 13.2 Å². The van der Waals surface area contributed by atoms with Crippen LogP contribution in [0.1, 0.15) is 63.9 Å². The SMILES string of the molecule is CCCCCCOCCCCCCc1cc(O)cc(OC)c1. The van der Waals surface area contributed by atoms with Crippen molar-refractivity contribution in [2.45, 2.75) is 64.7 Å². The average Bonchev–Trinajstić information content (AvgIpc) is 2.52. The van der Waals surface area contributed by atoms with Gasteiger partial charge in [-0.3, -0.25) is 0 Å². The summed E-state index contributed by atoms with van der Waals surface area (Å²) >= 11 is 0. The van der Waals surface area contributed by atoms with E-state index in [9.17, 15) is 5.11 Å². The van der Waals surface area contributed by atoms with Crippen molar-refractivity contribution in [3.63, 3.8) is 0 Å². The molecule has 1 rings (SSSR count). The van der Waals surface area contributed by atoms with Gasteiger partial charge < -0.3 is 14.6 Å². The monoisotopic (exact) mass is 308 g/mol. The van der Waals surface area contributed by atoms with Gasteiger partial charge >= 0.3 is 0 Å². The first-order valence-corrected chi connectivity index (χ1v) is 8.71. The fraction of sp³-hybridized carbons (Fsp3) is 0.684. The largest absolute Gasteiger partial charge is 0.508 e. The number of hydrogen-bond donors (Lipinski definition) is 1. The molecule has 0 aliphatic rings. The number of aryl methyl sites for hydroxylation is 1. The van der Waals surface area contributed by atoms with Gasteiger partial charge in [0.2, 0.25) is 0 Å². The summed E-state index contributed by atoms with van der Waals surface area (Å²) < 4.78 is 10.8. The van der Waals surface area contributed by atoms with E-state index in [4.69, 9.17) is 9.47 Å². The van der Waals surface area contributed by atoms with Crippen LogP contribution in [0.25, 0.3) is 0 Å². The van der Waals surface area contributed by atoms with E-state index < -0.39 is 0 Å². The Labute approximate surface area is 135 Å². The van der Waals surface area contributed by atoms with Crippen molar-refractivity contribution in [1.82, 2.24) is 0 Å². The molecule has 0 radical (unpaired) electrons. The highest BCUT2D eigenvalue weighted by molar-refractivity contribution is 5.37. The molecule has 1 aromatic carbocycles. The Kier molecular flexibility index (Phi) is 10.6. The summed E-state index contributed by atoms with van der Waals surface area (Å²) in [5.74, 6) is 1.01. The van der Waals surface area contributed by atoms with Crippen molar-refractivity contribution in [3.05, 3.63) is 23.8 Å². The second-order valence-corrected chi connectivity index (χ2v) is 5.88. The van der Waals surface area contributed by atoms with Gasteiger partial charge in [0, 0.05) is 19.3 Å². The maximum Gasteiger partial charge on any atom is 0.122 e. The highest BCUT2D eigenvalue weighted by atomic mass is 16.5. The van der Waals surface area contributed by atoms with Crippen LogP contribution in [-0.2, 0) is 11.2 Å². The zero-order valence-electron chi connectivity index (χ0n) is 14.3. The highest BCUT2D eigenvalue weighted by Gasteiger charge is 2.00. The molecule has 22 heavy (non-hydrogen) atoms. The number of benzene rings is 1. The van der Waals surface area contributed by atoms with Gasteiger partial charge in [-0.05, 0) is 43.4 Å². The molecule has 0 atom stereocenters. The van der Waals surface area contributed by atoms with Crippen LogP contribution in [0.15, 0.2) is 18.2 Å². The molecule has 0 amide bonds. The number of aromatic hydroxyl groups is 1. The van der Waals surface area contributed by atoms with Crippen LogP contribution in [-0.4, -0.2) is 25.4 Å². The Morgan fingerprint density at radius 3 is 2.23 bits per heavy atom. The van der Waals surface area contributed by atoms with E-state index in [1.165, 1.54) is 38.5 Å². The number of unbranched alkanes of at least 4 members (excludes halogenated alkanes) is 6. The van der Waals surface area contributed by atoms with Crippen LogP contribution >= 0.6 is 0 Å². The molecule has 0 spiro atoms. The quantitative estimate of drug-likeness (QED) is 0.515. The molecular weight excluding hydrogens is 276 g/mol. The van der Waals surface area contributed by atoms with E-state index in [0.29, 0.717) is 0 Å². The molecule has 0 heterocycles. The molecule has 0 aliphatic carbocycles. The topological polar surface area (TPSA) is 38.7 Å². The number of phenols is 1. The molecule has 0 saturated heterocycles. The minimum Gasteiger partial charge on any atom is -0.508 e. The number of ether oxygens (including phenoxy) is 2. The molecule has 3 heteroatoms. The number of hydrogen-bond acceptors (Lipinski definition) is 3. The third-order valence-corrected chi connectivity index (χ3v) is 3.83. The van der Waals surface area contributed by atoms with Crippen molar-refractivity contribution < 1.29 is 14.6 Å². The van der Waals surface area contributed by atoms with Crippen molar-refractivity contribution in [2.24, 2.45) is 0 Å². The van der Waals surface area contributed by atoms with E-state index in [-0.39, 0.29) is 5.75 Å². The standard InChI is InChI=1S/C19H32O3/c1-3-4-5-9-12-22-13-10-7-6-8-11-17-14-18(20)16-19(15-17)21-2/h14-16,20H,3-13H2,1-2H3. The summed E-state index contributed by atoms with van der Waals surface area (Å²) in [5, 5.41) is 9.61. The summed E-state index contributed by atoms with van der Waals surface area (Å²) in [6.07, 6.45) is 10.8. The van der Waals surface area contributed by atoms with Crippen molar-refractivity contribution >= 4 is 0 Å². The number of rotatable bonds is 13. The predicted molar refractivity (Wildman–Crippen MR) is 91.8 cm³/mol. The Balaban J connectivity index is 1.98. The third-order valence-electron chi connectivity index (χ3n) is 3.83. The highest BCUT2D eigenvalue weighted by Crippen LogP contribution is 2.22. The predicted octanol–water partition coefficient (Wildman–Crippen LogP) is 5.10. The molecule has 0 aliphatic heterocycles. The van der Waals surface area contributed by atoms with Gasteiger partial charge in [-0.2, -0.15) is 0 Å². The molecule has 1 N–H and O–H groups in total. The third kappa shape index (κ3) is 8.93. The molecule has 0 unspecified atom stereocenters. The summed E-state index contributed by atoms with van der Waals surface area (Å²) in [5.41, 5.74) is 1.14. The maximum absolute atomic E-state index is 9.61. The number of phenolic OH excluding ortho intramolecular Hbond substituents is 1. The lowest BCUT2D eigenvalue weighted by Gasteiger charge is -2.07. The zero-order chi connectivity index (χ0) is 16.0. The van der Waals surface area contributed by atoms with E-state index in [1.807, 2.05) is 12.1 Å². The minimum absolute atomic E-state index is 0.283. The van der Waals surface area contributed by atoms with Crippen LogP contribution in [0.3, 0.4) is 0 Å². The molecule has 126 valence electrons. The molecule has 3 nitrogen and oxygen atoms in total. The summed E-state index contributed by atoms with van der Waals surface area (Å²) in [6, 6.07) is 5.46. The second kappa shape index (κ2) is 12.3. The second-order valence-electron chi connectivity index (χ2n) is 5.88. The first kappa shape index (κ1) is 18.8. The van der Waals surface area contributed by atoms with E-state index in [0.717, 1.165) is 43.8 Å². The molecule has 1 aromatic rings. The normalized spacial score (nSPS) is 10.8. The molecular formula is C19H32O3. The molecule has 0 fully saturated rings. The Hall–Kier alpha value is -1.22. The molecule has 0 saturated carbocycles. The van der Waals surface area contributed by atoms with Gasteiger partial charge in [0.15, 0.2) is 0 Å². The summed E-state index contributed by atoms with van der Waals surface area (Å²) in [4.78, 5) is 0. The summed E-state index contributed by atoms with van der Waals surface area (Å²) in [7, 11) is 1.63. The minimum atomic E-state index is 0.283. The maximum atomic E-state index is 9.61. The summed E-state index contributed by atoms with van der Waals surface area (Å²) in [6.45, 7) is 4.04. The van der Waals surface area contributed by atoms with Gasteiger partial charge in [0.05, 0.1) is 7.11 Å². The molecule has 0 aromatic heterocycles. The fourth-order valence-electron chi connectivity index (χ4n) is 2.53. The number of methoxy groups -OCH3 is 1. The lowest BCUT2D eigenvalue weighted by molar-refractivity contribution is 0.126. The fourth-order valence-corrected chi connectivity index (χ4v) is 2.53. The zero-order valence-corrected chi connectivity index (χ0v) is 14.3. The lowest BCUT2D eigenvalue weighted by Crippen LogP contribution is -1.97. The average molecular weight is 308 g/mol. The van der Waals surface area contributed by atoms with Crippen LogP contribution < -0.4 is 4.74 Å². The van der Waals surface area contributed by atoms with Crippen LogP contribution in [0.2, 0.25) is 0 Å². The van der Waals surface area contributed by atoms with Gasteiger partial charge in [-0.1, -0.05) is 39.0 Å². The van der Waals surface area contributed by atoms with Gasteiger partial charge in [0.25, 0.3) is 0 Å². The first-order valence-electron chi connectivity index (χ1n) is 8.71. The molecule has 0 bridgehead atoms. The Bertz CT molecular complexity index is 390. The van der Waals surface area contributed by atoms with Crippen LogP contribution in [0, 0.1) is 0 Å². The smallest absolute Gasteiger partial charge is 0.122 e. The van der Waals surface area contributed by atoms with Crippen molar-refractivity contribution in [3.8, 4) is 11.5 Å². The lowest BCUT2D eigenvalue weighted by atomic mass is 10.1. The van der Waals surface area contributed by atoms with Gasteiger partial charge in [-0.15, -0.1) is 0 Å². The first-order chi connectivity index (χ1) is 10.8. The van der Waals surface area contributed by atoms with E-state index >= 15 is 0 Å².